The maximum Gasteiger partial charge on any atom is 0.222 e. The van der Waals surface area contributed by atoms with Crippen LogP contribution in [0.15, 0.2) is 6.20 Å². The summed E-state index contributed by atoms with van der Waals surface area (Å²) in [7, 11) is 4.11. The first-order valence-corrected chi connectivity index (χ1v) is 5.84. The molecule has 0 radical (unpaired) electrons. The van der Waals surface area contributed by atoms with Crippen molar-refractivity contribution >= 4 is 23.4 Å². The van der Waals surface area contributed by atoms with Crippen LogP contribution in [0.25, 0.3) is 0 Å². The molecule has 1 heterocycles. The maximum atomic E-state index is 5.98. The molecule has 6 heteroatoms. The standard InChI is InChI=1S/C11H20ClN5/c1-11(2,7-17(3)4)6-15-9-8(12)5-14-10(13)16-9/h5H,6-7H2,1-4H3,(H3,13,14,15,16). The fraction of sp³-hybridized carbons (Fsp3) is 0.636. The maximum absolute atomic E-state index is 5.98. The van der Waals surface area contributed by atoms with Crippen LogP contribution in [-0.4, -0.2) is 42.1 Å². The van der Waals surface area contributed by atoms with Gasteiger partial charge in [-0.15, -0.1) is 0 Å². The van der Waals surface area contributed by atoms with Crippen LogP contribution in [0.4, 0.5) is 11.8 Å². The summed E-state index contributed by atoms with van der Waals surface area (Å²) in [5, 5.41) is 3.70. The third-order valence-corrected chi connectivity index (χ3v) is 2.52. The minimum atomic E-state index is 0.118. The Balaban J connectivity index is 2.63. The van der Waals surface area contributed by atoms with E-state index in [1.54, 1.807) is 0 Å². The van der Waals surface area contributed by atoms with Gasteiger partial charge in [-0.3, -0.25) is 0 Å². The number of rotatable bonds is 5. The first kappa shape index (κ1) is 14.0. The highest BCUT2D eigenvalue weighted by Crippen LogP contribution is 2.22. The average molecular weight is 258 g/mol. The lowest BCUT2D eigenvalue weighted by molar-refractivity contribution is 0.254. The average Bonchev–Trinajstić information content (AvgIpc) is 2.17. The first-order valence-electron chi connectivity index (χ1n) is 5.47. The van der Waals surface area contributed by atoms with E-state index in [0.29, 0.717) is 10.8 Å². The topological polar surface area (TPSA) is 67.1 Å². The van der Waals surface area contributed by atoms with E-state index in [1.165, 1.54) is 6.20 Å². The van der Waals surface area contributed by atoms with Crippen molar-refractivity contribution in [3.05, 3.63) is 11.2 Å². The number of halogens is 1. The predicted octanol–water partition coefficient (Wildman–Crippen LogP) is 1.71. The van der Waals surface area contributed by atoms with Crippen molar-refractivity contribution in [2.45, 2.75) is 13.8 Å². The fourth-order valence-electron chi connectivity index (χ4n) is 1.74. The van der Waals surface area contributed by atoms with Crippen molar-refractivity contribution in [3.63, 3.8) is 0 Å². The lowest BCUT2D eigenvalue weighted by Crippen LogP contribution is -2.34. The fourth-order valence-corrected chi connectivity index (χ4v) is 1.90. The summed E-state index contributed by atoms with van der Waals surface area (Å²) in [6.07, 6.45) is 1.51. The van der Waals surface area contributed by atoms with E-state index in [1.807, 2.05) is 0 Å². The quantitative estimate of drug-likeness (QED) is 0.841. The van der Waals surface area contributed by atoms with E-state index in [2.05, 4.69) is 48.1 Å². The number of nitrogens with one attached hydrogen (secondary N) is 1. The van der Waals surface area contributed by atoms with Crippen LogP contribution in [-0.2, 0) is 0 Å². The monoisotopic (exact) mass is 257 g/mol. The molecule has 0 amide bonds. The van der Waals surface area contributed by atoms with Gasteiger partial charge in [-0.1, -0.05) is 25.4 Å². The molecule has 0 aliphatic heterocycles. The van der Waals surface area contributed by atoms with E-state index in [4.69, 9.17) is 17.3 Å². The van der Waals surface area contributed by atoms with Crippen molar-refractivity contribution in [2.24, 2.45) is 5.41 Å². The number of nitrogen functional groups attached to an aromatic ring is 1. The Morgan fingerprint density at radius 3 is 2.71 bits per heavy atom. The van der Waals surface area contributed by atoms with Crippen molar-refractivity contribution in [1.82, 2.24) is 14.9 Å². The number of nitrogens with zero attached hydrogens (tertiary/aromatic N) is 3. The van der Waals surface area contributed by atoms with Gasteiger partial charge in [0, 0.05) is 13.1 Å². The van der Waals surface area contributed by atoms with Gasteiger partial charge in [0.25, 0.3) is 0 Å². The van der Waals surface area contributed by atoms with E-state index < -0.39 is 0 Å². The predicted molar refractivity (Wildman–Crippen MR) is 72.3 cm³/mol. The Bertz CT molecular complexity index is 378. The van der Waals surface area contributed by atoms with Crippen LogP contribution in [0.5, 0.6) is 0 Å². The molecule has 0 saturated carbocycles. The van der Waals surface area contributed by atoms with Crippen molar-refractivity contribution in [1.29, 1.82) is 0 Å². The van der Waals surface area contributed by atoms with Gasteiger partial charge >= 0.3 is 0 Å². The van der Waals surface area contributed by atoms with Crippen LogP contribution in [0.2, 0.25) is 5.02 Å². The second-order valence-corrected chi connectivity index (χ2v) is 5.59. The molecule has 0 aliphatic carbocycles. The van der Waals surface area contributed by atoms with Gasteiger partial charge in [0.2, 0.25) is 5.95 Å². The van der Waals surface area contributed by atoms with Crippen LogP contribution in [0.1, 0.15) is 13.8 Å². The zero-order chi connectivity index (χ0) is 13.1. The molecular weight excluding hydrogens is 238 g/mol. The molecule has 0 bridgehead atoms. The van der Waals surface area contributed by atoms with Crippen LogP contribution in [0, 0.1) is 5.41 Å². The molecule has 0 unspecified atom stereocenters. The number of aromatic nitrogens is 2. The van der Waals surface area contributed by atoms with Crippen LogP contribution >= 0.6 is 11.6 Å². The van der Waals surface area contributed by atoms with Crippen molar-refractivity contribution < 1.29 is 0 Å². The van der Waals surface area contributed by atoms with Crippen molar-refractivity contribution in [2.75, 3.05) is 38.2 Å². The minimum absolute atomic E-state index is 0.118. The molecule has 96 valence electrons. The Morgan fingerprint density at radius 2 is 2.12 bits per heavy atom. The lowest BCUT2D eigenvalue weighted by atomic mass is 9.93. The SMILES string of the molecule is CN(C)CC(C)(C)CNc1nc(N)ncc1Cl. The van der Waals surface area contributed by atoms with Crippen molar-refractivity contribution in [3.8, 4) is 0 Å². The van der Waals surface area contributed by atoms with Gasteiger partial charge in [-0.2, -0.15) is 4.98 Å². The summed E-state index contributed by atoms with van der Waals surface area (Å²) in [6.45, 7) is 6.09. The number of nitrogens with two attached hydrogens (primary N) is 1. The summed E-state index contributed by atoms with van der Waals surface area (Å²) in [6, 6.07) is 0. The highest BCUT2D eigenvalue weighted by atomic mass is 35.5. The molecular formula is C11H20ClN5. The van der Waals surface area contributed by atoms with Gasteiger partial charge in [0.15, 0.2) is 0 Å². The molecule has 0 spiro atoms. The molecule has 0 saturated heterocycles. The van der Waals surface area contributed by atoms with E-state index in [0.717, 1.165) is 13.1 Å². The van der Waals surface area contributed by atoms with E-state index in [-0.39, 0.29) is 11.4 Å². The highest BCUT2D eigenvalue weighted by Gasteiger charge is 2.19. The summed E-state index contributed by atoms with van der Waals surface area (Å²) in [5.74, 6) is 0.813. The van der Waals surface area contributed by atoms with Gasteiger partial charge < -0.3 is 16.0 Å². The normalized spacial score (nSPS) is 11.9. The minimum Gasteiger partial charge on any atom is -0.368 e. The Kier molecular flexibility index (Phi) is 4.54. The zero-order valence-corrected chi connectivity index (χ0v) is 11.5. The molecule has 1 aromatic rings. The highest BCUT2D eigenvalue weighted by molar-refractivity contribution is 6.32. The first-order chi connectivity index (χ1) is 7.80. The number of hydrogen-bond donors (Lipinski definition) is 2. The second kappa shape index (κ2) is 5.51. The van der Waals surface area contributed by atoms with Gasteiger partial charge in [0.05, 0.1) is 6.20 Å². The molecule has 1 rings (SSSR count). The lowest BCUT2D eigenvalue weighted by Gasteiger charge is -2.28. The molecule has 5 nitrogen and oxygen atoms in total. The molecule has 0 aromatic carbocycles. The zero-order valence-electron chi connectivity index (χ0n) is 10.8. The number of anilines is 2. The molecule has 0 fully saturated rings. The molecule has 3 N–H and O–H groups in total. The van der Waals surface area contributed by atoms with E-state index in [9.17, 15) is 0 Å². The third kappa shape index (κ3) is 4.75. The summed E-state index contributed by atoms with van der Waals surface area (Å²) < 4.78 is 0. The van der Waals surface area contributed by atoms with Gasteiger partial charge in [-0.05, 0) is 19.5 Å². The Hall–Kier alpha value is -1.07. The summed E-state index contributed by atoms with van der Waals surface area (Å²) in [5.41, 5.74) is 5.64. The molecule has 1 aromatic heterocycles. The van der Waals surface area contributed by atoms with E-state index >= 15 is 0 Å². The smallest absolute Gasteiger partial charge is 0.222 e. The third-order valence-electron chi connectivity index (χ3n) is 2.24. The summed E-state index contributed by atoms with van der Waals surface area (Å²) >= 11 is 5.98. The second-order valence-electron chi connectivity index (χ2n) is 5.18. The molecule has 0 aliphatic rings. The van der Waals surface area contributed by atoms with Crippen LogP contribution in [0.3, 0.4) is 0 Å². The Morgan fingerprint density at radius 1 is 1.47 bits per heavy atom. The van der Waals surface area contributed by atoms with Gasteiger partial charge in [0.1, 0.15) is 10.8 Å². The summed E-state index contributed by atoms with van der Waals surface area (Å²) in [4.78, 5) is 10.0. The largest absolute Gasteiger partial charge is 0.368 e. The molecule has 0 atom stereocenters. The number of hydrogen-bond acceptors (Lipinski definition) is 5. The Labute approximate surface area is 107 Å². The van der Waals surface area contributed by atoms with Gasteiger partial charge in [-0.25, -0.2) is 4.98 Å². The van der Waals surface area contributed by atoms with Crippen LogP contribution < -0.4 is 11.1 Å². The molecule has 17 heavy (non-hydrogen) atoms.